The van der Waals surface area contributed by atoms with Crippen LogP contribution in [0.4, 0.5) is 5.82 Å². The van der Waals surface area contributed by atoms with Gasteiger partial charge in [-0.25, -0.2) is 4.79 Å². The van der Waals surface area contributed by atoms with Gasteiger partial charge in [-0.1, -0.05) is 17.3 Å². The Morgan fingerprint density at radius 2 is 1.65 bits per heavy atom. The van der Waals surface area contributed by atoms with Crippen LogP contribution in [0.15, 0.2) is 53.1 Å². The van der Waals surface area contributed by atoms with Crippen molar-refractivity contribution in [3.63, 3.8) is 0 Å². The van der Waals surface area contributed by atoms with Gasteiger partial charge in [0, 0.05) is 11.6 Å². The number of rotatable bonds is 6. The maximum Gasteiger partial charge on any atom is 0.337 e. The van der Waals surface area contributed by atoms with E-state index in [1.54, 1.807) is 44.2 Å². The first kappa shape index (κ1) is 22.9. The Morgan fingerprint density at radius 3 is 2.21 bits per heavy atom. The van der Waals surface area contributed by atoms with E-state index in [2.05, 4.69) is 5.16 Å². The molecule has 1 amide bonds. The summed E-state index contributed by atoms with van der Waals surface area (Å²) in [6.45, 7) is 3.44. The molecule has 174 valence electrons. The first-order valence-corrected chi connectivity index (χ1v) is 10.4. The lowest BCUT2D eigenvalue weighted by molar-refractivity contribution is -0.135. The van der Waals surface area contributed by atoms with Crippen molar-refractivity contribution in [2.75, 3.05) is 19.1 Å². The van der Waals surface area contributed by atoms with Crippen molar-refractivity contribution in [1.29, 1.82) is 0 Å². The lowest BCUT2D eigenvalue weighted by Crippen LogP contribution is -2.31. The second-order valence-electron chi connectivity index (χ2n) is 7.92. The second kappa shape index (κ2) is 8.93. The molecule has 1 aliphatic rings. The van der Waals surface area contributed by atoms with Crippen molar-refractivity contribution in [3.05, 3.63) is 76.5 Å². The van der Waals surface area contributed by atoms with Crippen LogP contribution in [0, 0.1) is 19.8 Å². The van der Waals surface area contributed by atoms with E-state index in [-0.39, 0.29) is 11.4 Å². The van der Waals surface area contributed by atoms with Crippen molar-refractivity contribution in [2.45, 2.75) is 19.9 Å². The van der Waals surface area contributed by atoms with Crippen LogP contribution in [0.3, 0.4) is 0 Å². The monoisotopic (exact) mass is 462 g/mol. The SMILES string of the molecule is COC(=O)c1ccc(C2C(C(=O)c3ccc(OC)c(C)c3)C(=O)C(=O)N2c2cc(C)on2)cc1. The molecule has 2 heterocycles. The number of aromatic nitrogens is 1. The second-order valence-corrected chi connectivity index (χ2v) is 7.92. The van der Waals surface area contributed by atoms with Crippen LogP contribution in [0.25, 0.3) is 0 Å². The van der Waals surface area contributed by atoms with Gasteiger partial charge in [-0.2, -0.15) is 0 Å². The van der Waals surface area contributed by atoms with E-state index in [1.165, 1.54) is 37.3 Å². The summed E-state index contributed by atoms with van der Waals surface area (Å²) in [7, 11) is 2.79. The first-order valence-electron chi connectivity index (χ1n) is 10.4. The third kappa shape index (κ3) is 3.85. The van der Waals surface area contributed by atoms with Crippen LogP contribution in [0.2, 0.25) is 0 Å². The number of ketones is 2. The molecular weight excluding hydrogens is 440 g/mol. The summed E-state index contributed by atoms with van der Waals surface area (Å²) in [5, 5.41) is 3.90. The summed E-state index contributed by atoms with van der Waals surface area (Å²) in [6, 6.07) is 11.6. The topological polar surface area (TPSA) is 116 Å². The standard InChI is InChI=1S/C25H22N2O7/c1-13-11-17(9-10-18(13)32-3)22(28)20-21(15-5-7-16(8-6-15)25(31)33-4)27(24(30)23(20)29)19-12-14(2)34-26-19/h5-12,20-21H,1-4H3. The van der Waals surface area contributed by atoms with E-state index >= 15 is 0 Å². The van der Waals surface area contributed by atoms with Gasteiger partial charge in [0.15, 0.2) is 11.6 Å². The minimum atomic E-state index is -1.32. The van der Waals surface area contributed by atoms with E-state index < -0.39 is 35.4 Å². The Labute approximate surface area is 195 Å². The molecule has 2 aromatic carbocycles. The Bertz CT molecular complexity index is 1290. The highest BCUT2D eigenvalue weighted by molar-refractivity contribution is 6.48. The third-order valence-corrected chi connectivity index (χ3v) is 5.80. The fraction of sp³-hybridized carbons (Fsp3) is 0.240. The molecule has 1 fully saturated rings. The number of methoxy groups -OCH3 is 2. The van der Waals surface area contributed by atoms with Crippen molar-refractivity contribution < 1.29 is 33.2 Å². The summed E-state index contributed by atoms with van der Waals surface area (Å²) < 4.78 is 15.1. The number of amides is 1. The summed E-state index contributed by atoms with van der Waals surface area (Å²) >= 11 is 0. The molecule has 0 radical (unpaired) electrons. The predicted octanol–water partition coefficient (Wildman–Crippen LogP) is 3.24. The molecule has 0 N–H and O–H groups in total. The molecule has 1 saturated heterocycles. The molecule has 9 heteroatoms. The van der Waals surface area contributed by atoms with Gasteiger partial charge in [0.05, 0.1) is 25.8 Å². The maximum atomic E-state index is 13.6. The van der Waals surface area contributed by atoms with E-state index in [0.29, 0.717) is 28.2 Å². The molecule has 1 aliphatic heterocycles. The smallest absolute Gasteiger partial charge is 0.337 e. The normalized spacial score (nSPS) is 17.7. The van der Waals surface area contributed by atoms with Gasteiger partial charge in [0.1, 0.15) is 17.4 Å². The van der Waals surface area contributed by atoms with E-state index in [1.807, 2.05) is 0 Å². The fourth-order valence-corrected chi connectivity index (χ4v) is 4.13. The number of anilines is 1. The molecule has 34 heavy (non-hydrogen) atoms. The van der Waals surface area contributed by atoms with Crippen molar-refractivity contribution in [2.24, 2.45) is 5.92 Å². The molecule has 9 nitrogen and oxygen atoms in total. The fourth-order valence-electron chi connectivity index (χ4n) is 4.13. The number of hydrogen-bond donors (Lipinski definition) is 0. The van der Waals surface area contributed by atoms with Crippen LogP contribution in [0.5, 0.6) is 5.75 Å². The van der Waals surface area contributed by atoms with Gasteiger partial charge in [-0.3, -0.25) is 19.3 Å². The Kier molecular flexibility index (Phi) is 6.02. The minimum absolute atomic E-state index is 0.124. The third-order valence-electron chi connectivity index (χ3n) is 5.80. The van der Waals surface area contributed by atoms with Crippen molar-refractivity contribution >= 4 is 29.3 Å². The average Bonchev–Trinajstić information content (AvgIpc) is 3.38. The number of ether oxygens (including phenoxy) is 2. The van der Waals surface area contributed by atoms with Gasteiger partial charge < -0.3 is 14.0 Å². The van der Waals surface area contributed by atoms with Crippen LogP contribution in [-0.2, 0) is 14.3 Å². The van der Waals surface area contributed by atoms with Gasteiger partial charge >= 0.3 is 5.97 Å². The molecule has 0 saturated carbocycles. The molecule has 0 spiro atoms. The largest absolute Gasteiger partial charge is 0.496 e. The Balaban J connectivity index is 1.82. The number of carbonyl (C=O) groups excluding carboxylic acids is 4. The number of carbonyl (C=O) groups is 4. The predicted molar refractivity (Wildman–Crippen MR) is 120 cm³/mol. The number of esters is 1. The number of Topliss-reactive ketones (excluding diaryl/α,β-unsaturated/α-hetero) is 2. The first-order chi connectivity index (χ1) is 16.3. The van der Waals surface area contributed by atoms with E-state index in [9.17, 15) is 19.2 Å². The molecule has 2 atom stereocenters. The molecule has 1 aromatic heterocycles. The zero-order valence-electron chi connectivity index (χ0n) is 19.0. The summed E-state index contributed by atoms with van der Waals surface area (Å²) in [5.74, 6) is -2.90. The molecule has 3 aromatic rings. The van der Waals surface area contributed by atoms with E-state index in [0.717, 1.165) is 0 Å². The van der Waals surface area contributed by atoms with Gasteiger partial charge in [-0.15, -0.1) is 0 Å². The molecule has 0 aliphatic carbocycles. The van der Waals surface area contributed by atoms with Crippen LogP contribution >= 0.6 is 0 Å². The number of hydrogen-bond acceptors (Lipinski definition) is 8. The Morgan fingerprint density at radius 1 is 0.971 bits per heavy atom. The highest BCUT2D eigenvalue weighted by atomic mass is 16.5. The molecular formula is C25H22N2O7. The number of benzene rings is 2. The average molecular weight is 462 g/mol. The quantitative estimate of drug-likeness (QED) is 0.237. The zero-order valence-corrected chi connectivity index (χ0v) is 19.0. The minimum Gasteiger partial charge on any atom is -0.496 e. The number of nitrogens with zero attached hydrogens (tertiary/aromatic N) is 2. The van der Waals surface area contributed by atoms with Crippen molar-refractivity contribution in [3.8, 4) is 5.75 Å². The van der Waals surface area contributed by atoms with Crippen LogP contribution in [0.1, 0.15) is 43.6 Å². The highest BCUT2D eigenvalue weighted by Crippen LogP contribution is 2.41. The lowest BCUT2D eigenvalue weighted by atomic mass is 9.85. The van der Waals surface area contributed by atoms with Crippen molar-refractivity contribution in [1.82, 2.24) is 5.16 Å². The number of aryl methyl sites for hydroxylation is 2. The van der Waals surface area contributed by atoms with E-state index in [4.69, 9.17) is 14.0 Å². The highest BCUT2D eigenvalue weighted by Gasteiger charge is 2.53. The van der Waals surface area contributed by atoms with Crippen LogP contribution in [-0.4, -0.2) is 42.8 Å². The summed E-state index contributed by atoms with van der Waals surface area (Å²) in [5.41, 5.74) is 1.77. The van der Waals surface area contributed by atoms with Gasteiger partial charge in [0.2, 0.25) is 5.78 Å². The Hall–Kier alpha value is -4.27. The molecule has 2 unspecified atom stereocenters. The summed E-state index contributed by atoms with van der Waals surface area (Å²) in [4.78, 5) is 52.8. The maximum absolute atomic E-state index is 13.6. The molecule has 4 rings (SSSR count). The van der Waals surface area contributed by atoms with Crippen LogP contribution < -0.4 is 9.64 Å². The van der Waals surface area contributed by atoms with Gasteiger partial charge in [0.25, 0.3) is 5.91 Å². The van der Waals surface area contributed by atoms with Gasteiger partial charge in [-0.05, 0) is 55.3 Å². The summed E-state index contributed by atoms with van der Waals surface area (Å²) in [6.07, 6.45) is 0. The zero-order chi connectivity index (χ0) is 24.6. The molecule has 0 bridgehead atoms. The lowest BCUT2D eigenvalue weighted by Gasteiger charge is -2.25.